The van der Waals surface area contributed by atoms with E-state index < -0.39 is 6.09 Å². The monoisotopic (exact) mass is 362 g/mol. The Morgan fingerprint density at radius 1 is 1.07 bits per heavy atom. The second kappa shape index (κ2) is 7.66. The van der Waals surface area contributed by atoms with Gasteiger partial charge in [-0.2, -0.15) is 0 Å². The number of aromatic nitrogens is 1. The molecule has 2 heterocycles. The number of pyridine rings is 1. The molecule has 1 saturated heterocycles. The van der Waals surface area contributed by atoms with Crippen LogP contribution in [0.1, 0.15) is 29.9 Å². The van der Waals surface area contributed by atoms with Crippen LogP contribution in [-0.2, 0) is 6.61 Å². The molecule has 1 aliphatic rings. The Balaban J connectivity index is 1.47. The van der Waals surface area contributed by atoms with Crippen LogP contribution in [-0.4, -0.2) is 34.2 Å². The summed E-state index contributed by atoms with van der Waals surface area (Å²) in [5, 5.41) is 11.5. The number of hydrogen-bond donors (Lipinski definition) is 1. The maximum atomic E-state index is 11.1. The summed E-state index contributed by atoms with van der Waals surface area (Å²) in [4.78, 5) is 17.0. The summed E-state index contributed by atoms with van der Waals surface area (Å²) in [6.07, 6.45) is 2.49. The fourth-order valence-corrected chi connectivity index (χ4v) is 3.70. The van der Waals surface area contributed by atoms with Crippen LogP contribution in [0.15, 0.2) is 60.8 Å². The summed E-state index contributed by atoms with van der Waals surface area (Å²) in [5.41, 5.74) is 2.18. The van der Waals surface area contributed by atoms with Gasteiger partial charge in [0.1, 0.15) is 6.61 Å². The average molecular weight is 362 g/mol. The molecule has 3 aromatic rings. The van der Waals surface area contributed by atoms with Crippen LogP contribution in [0.25, 0.3) is 10.8 Å². The van der Waals surface area contributed by atoms with E-state index in [1.807, 2.05) is 24.3 Å². The van der Waals surface area contributed by atoms with Crippen LogP contribution >= 0.6 is 0 Å². The highest BCUT2D eigenvalue weighted by atomic mass is 16.5. The Labute approximate surface area is 158 Å². The van der Waals surface area contributed by atoms with Gasteiger partial charge in [0.2, 0.25) is 5.88 Å². The van der Waals surface area contributed by atoms with E-state index in [0.717, 1.165) is 24.0 Å². The summed E-state index contributed by atoms with van der Waals surface area (Å²) >= 11 is 0. The molecule has 1 fully saturated rings. The van der Waals surface area contributed by atoms with Crippen molar-refractivity contribution in [3.63, 3.8) is 0 Å². The van der Waals surface area contributed by atoms with Gasteiger partial charge in [-0.05, 0) is 47.2 Å². The molecule has 1 aliphatic heterocycles. The van der Waals surface area contributed by atoms with E-state index in [1.54, 1.807) is 6.20 Å². The van der Waals surface area contributed by atoms with Crippen molar-refractivity contribution in [2.75, 3.05) is 13.1 Å². The number of hydrogen-bond acceptors (Lipinski definition) is 3. The molecule has 4 rings (SSSR count). The van der Waals surface area contributed by atoms with Gasteiger partial charge < -0.3 is 14.7 Å². The van der Waals surface area contributed by atoms with Gasteiger partial charge in [0.05, 0.1) is 0 Å². The third-order valence-corrected chi connectivity index (χ3v) is 5.20. The van der Waals surface area contributed by atoms with Crippen LogP contribution in [0.4, 0.5) is 4.79 Å². The van der Waals surface area contributed by atoms with Gasteiger partial charge in [0, 0.05) is 24.8 Å². The minimum Gasteiger partial charge on any atom is -0.473 e. The summed E-state index contributed by atoms with van der Waals surface area (Å²) in [5.74, 6) is 0.931. The molecule has 0 radical (unpaired) electrons. The molecule has 1 amide bonds. The summed E-state index contributed by atoms with van der Waals surface area (Å²) in [7, 11) is 0. The molecule has 0 atom stereocenters. The van der Waals surface area contributed by atoms with Gasteiger partial charge >= 0.3 is 6.09 Å². The van der Waals surface area contributed by atoms with Crippen LogP contribution in [0.2, 0.25) is 0 Å². The largest absolute Gasteiger partial charge is 0.473 e. The van der Waals surface area contributed by atoms with E-state index >= 15 is 0 Å². The smallest absolute Gasteiger partial charge is 0.407 e. The molecule has 1 aromatic heterocycles. The number of nitrogens with zero attached hydrogens (tertiary/aromatic N) is 2. The number of piperidine rings is 1. The maximum Gasteiger partial charge on any atom is 0.407 e. The number of fused-ring (bicyclic) bond motifs is 1. The third-order valence-electron chi connectivity index (χ3n) is 5.20. The van der Waals surface area contributed by atoms with E-state index in [-0.39, 0.29) is 5.92 Å². The molecule has 0 saturated carbocycles. The van der Waals surface area contributed by atoms with Crippen LogP contribution in [0.3, 0.4) is 0 Å². The summed E-state index contributed by atoms with van der Waals surface area (Å²) in [6, 6.07) is 18.6. The van der Waals surface area contributed by atoms with E-state index in [1.165, 1.54) is 15.7 Å². The number of likely N-dealkylation sites (tertiary alicyclic amines) is 1. The van der Waals surface area contributed by atoms with Crippen molar-refractivity contribution < 1.29 is 14.6 Å². The van der Waals surface area contributed by atoms with E-state index in [0.29, 0.717) is 25.6 Å². The SMILES string of the molecule is O=C(O)N1CCC(c2cccnc2OCc2ccc3ccccc3c2)CC1. The fourth-order valence-electron chi connectivity index (χ4n) is 3.70. The average Bonchev–Trinajstić information content (AvgIpc) is 2.72. The van der Waals surface area contributed by atoms with E-state index in [9.17, 15) is 4.79 Å². The number of amides is 1. The third kappa shape index (κ3) is 3.87. The molecular formula is C22H22N2O3. The number of carbonyl (C=O) groups is 1. The van der Waals surface area contributed by atoms with Crippen molar-refractivity contribution in [3.05, 3.63) is 71.9 Å². The van der Waals surface area contributed by atoms with E-state index in [2.05, 4.69) is 35.3 Å². The molecule has 0 bridgehead atoms. The van der Waals surface area contributed by atoms with Crippen molar-refractivity contribution in [1.82, 2.24) is 9.88 Å². The molecule has 138 valence electrons. The highest BCUT2D eigenvalue weighted by Crippen LogP contribution is 2.33. The topological polar surface area (TPSA) is 62.7 Å². The standard InChI is InChI=1S/C22H22N2O3/c25-22(26)24-12-9-18(10-13-24)20-6-3-11-23-21(20)27-15-16-7-8-17-4-1-2-5-19(17)14-16/h1-8,11,14,18H,9-10,12-13,15H2,(H,25,26). The van der Waals surface area contributed by atoms with Crippen LogP contribution in [0.5, 0.6) is 5.88 Å². The summed E-state index contributed by atoms with van der Waals surface area (Å²) in [6.45, 7) is 1.57. The molecule has 0 aliphatic carbocycles. The maximum absolute atomic E-state index is 11.1. The molecule has 0 unspecified atom stereocenters. The molecule has 0 spiro atoms. The van der Waals surface area contributed by atoms with Crippen molar-refractivity contribution in [2.45, 2.75) is 25.4 Å². The first-order valence-corrected chi connectivity index (χ1v) is 9.24. The summed E-state index contributed by atoms with van der Waals surface area (Å²) < 4.78 is 6.06. The zero-order valence-electron chi connectivity index (χ0n) is 15.0. The molecule has 5 nitrogen and oxygen atoms in total. The van der Waals surface area contributed by atoms with Crippen molar-refractivity contribution in [3.8, 4) is 5.88 Å². The quantitative estimate of drug-likeness (QED) is 0.732. The Hall–Kier alpha value is -3.08. The molecular weight excluding hydrogens is 340 g/mol. The van der Waals surface area contributed by atoms with Crippen molar-refractivity contribution >= 4 is 16.9 Å². The number of benzene rings is 2. The van der Waals surface area contributed by atoms with Gasteiger partial charge in [-0.3, -0.25) is 0 Å². The Bertz CT molecular complexity index is 949. The minimum absolute atomic E-state index is 0.279. The predicted molar refractivity (Wildman–Crippen MR) is 104 cm³/mol. The number of ether oxygens (including phenoxy) is 1. The Morgan fingerprint density at radius 3 is 2.63 bits per heavy atom. The lowest BCUT2D eigenvalue weighted by Crippen LogP contribution is -2.36. The van der Waals surface area contributed by atoms with Gasteiger partial charge in [0.15, 0.2) is 0 Å². The molecule has 2 aromatic carbocycles. The van der Waals surface area contributed by atoms with E-state index in [4.69, 9.17) is 9.84 Å². The highest BCUT2D eigenvalue weighted by molar-refractivity contribution is 5.82. The first kappa shape index (κ1) is 17.3. The lowest BCUT2D eigenvalue weighted by atomic mass is 9.90. The zero-order chi connectivity index (χ0) is 18.6. The minimum atomic E-state index is -0.840. The highest BCUT2D eigenvalue weighted by Gasteiger charge is 2.25. The number of rotatable bonds is 4. The first-order valence-electron chi connectivity index (χ1n) is 9.24. The Kier molecular flexibility index (Phi) is 4.92. The lowest BCUT2D eigenvalue weighted by Gasteiger charge is -2.30. The van der Waals surface area contributed by atoms with Gasteiger partial charge in [-0.1, -0.05) is 42.5 Å². The van der Waals surface area contributed by atoms with Gasteiger partial charge in [-0.25, -0.2) is 9.78 Å². The van der Waals surface area contributed by atoms with Crippen LogP contribution in [0, 0.1) is 0 Å². The second-order valence-electron chi connectivity index (χ2n) is 6.91. The lowest BCUT2D eigenvalue weighted by molar-refractivity contribution is 0.131. The number of carboxylic acid groups (broad SMARTS) is 1. The van der Waals surface area contributed by atoms with Crippen molar-refractivity contribution in [2.24, 2.45) is 0 Å². The normalized spacial score (nSPS) is 15.0. The van der Waals surface area contributed by atoms with Crippen molar-refractivity contribution in [1.29, 1.82) is 0 Å². The zero-order valence-corrected chi connectivity index (χ0v) is 15.0. The predicted octanol–water partition coefficient (Wildman–Crippen LogP) is 4.67. The molecule has 5 heteroatoms. The molecule has 1 N–H and O–H groups in total. The molecule has 27 heavy (non-hydrogen) atoms. The second-order valence-corrected chi connectivity index (χ2v) is 6.91. The van der Waals surface area contributed by atoms with Gasteiger partial charge in [-0.15, -0.1) is 0 Å². The Morgan fingerprint density at radius 2 is 1.85 bits per heavy atom. The van der Waals surface area contributed by atoms with Gasteiger partial charge in [0.25, 0.3) is 0 Å². The fraction of sp³-hybridized carbons (Fsp3) is 0.273. The van der Waals surface area contributed by atoms with Crippen LogP contribution < -0.4 is 4.74 Å². The first-order chi connectivity index (χ1) is 13.2.